The van der Waals surface area contributed by atoms with E-state index in [0.717, 1.165) is 18.2 Å². The van der Waals surface area contributed by atoms with Crippen LogP contribution in [0.1, 0.15) is 57.1 Å². The lowest BCUT2D eigenvalue weighted by Crippen LogP contribution is -2.34. The van der Waals surface area contributed by atoms with Gasteiger partial charge in [0.25, 0.3) is 0 Å². The Hall–Kier alpha value is -1.76. The summed E-state index contributed by atoms with van der Waals surface area (Å²) in [6, 6.07) is 0. The number of piperidine rings is 1. The molecule has 0 aromatic carbocycles. The van der Waals surface area contributed by atoms with Gasteiger partial charge >= 0.3 is 0 Å². The number of rotatable bonds is 7. The largest absolute Gasteiger partial charge is 0.313 e. The SMILES string of the molecule is CCCCN1CCC(c2nnc(Cn3cncn3)n2CC)CC1. The van der Waals surface area contributed by atoms with Crippen molar-refractivity contribution in [3.8, 4) is 0 Å². The highest BCUT2D eigenvalue weighted by Crippen LogP contribution is 2.27. The fourth-order valence-corrected chi connectivity index (χ4v) is 3.37. The number of unbranched alkanes of at least 4 members (excludes halogenated alkanes) is 1. The fraction of sp³-hybridized carbons (Fsp3) is 0.750. The van der Waals surface area contributed by atoms with Crippen molar-refractivity contribution in [3.63, 3.8) is 0 Å². The Bertz CT molecular complexity index is 582. The van der Waals surface area contributed by atoms with Gasteiger partial charge < -0.3 is 9.47 Å². The van der Waals surface area contributed by atoms with Crippen molar-refractivity contribution in [1.29, 1.82) is 0 Å². The third-order valence-corrected chi connectivity index (χ3v) is 4.72. The second kappa shape index (κ2) is 7.68. The second-order valence-corrected chi connectivity index (χ2v) is 6.28. The van der Waals surface area contributed by atoms with Crippen LogP contribution in [0.3, 0.4) is 0 Å². The lowest BCUT2D eigenvalue weighted by atomic mass is 9.95. The van der Waals surface area contributed by atoms with Crippen molar-refractivity contribution in [2.24, 2.45) is 0 Å². The van der Waals surface area contributed by atoms with Gasteiger partial charge in [-0.3, -0.25) is 0 Å². The minimum atomic E-state index is 0.532. The van der Waals surface area contributed by atoms with Crippen molar-refractivity contribution in [3.05, 3.63) is 24.3 Å². The smallest absolute Gasteiger partial charge is 0.154 e. The maximum Gasteiger partial charge on any atom is 0.154 e. The molecule has 3 rings (SSSR count). The molecule has 23 heavy (non-hydrogen) atoms. The standard InChI is InChI=1S/C16H27N7/c1-3-5-8-21-9-6-14(7-10-21)16-20-19-15(23(16)4-2)11-22-13-17-12-18-22/h12-14H,3-11H2,1-2H3. The number of likely N-dealkylation sites (tertiary alicyclic amines) is 1. The van der Waals surface area contributed by atoms with Crippen LogP contribution in [0.4, 0.5) is 0 Å². The minimum Gasteiger partial charge on any atom is -0.313 e. The van der Waals surface area contributed by atoms with Crippen molar-refractivity contribution in [2.45, 2.75) is 58.5 Å². The number of nitrogens with zero attached hydrogens (tertiary/aromatic N) is 7. The van der Waals surface area contributed by atoms with E-state index in [0.29, 0.717) is 12.5 Å². The topological polar surface area (TPSA) is 64.7 Å². The molecule has 0 unspecified atom stereocenters. The Kier molecular flexibility index (Phi) is 5.38. The first-order valence-corrected chi connectivity index (χ1v) is 8.78. The summed E-state index contributed by atoms with van der Waals surface area (Å²) in [5, 5.41) is 13.1. The molecule has 1 fully saturated rings. The molecule has 0 saturated carbocycles. The zero-order chi connectivity index (χ0) is 16.1. The summed E-state index contributed by atoms with van der Waals surface area (Å²) in [5.74, 6) is 2.66. The molecule has 2 aromatic heterocycles. The van der Waals surface area contributed by atoms with E-state index >= 15 is 0 Å². The monoisotopic (exact) mass is 317 g/mol. The Morgan fingerprint density at radius 1 is 1.17 bits per heavy atom. The minimum absolute atomic E-state index is 0.532. The van der Waals surface area contributed by atoms with E-state index in [1.807, 2.05) is 0 Å². The van der Waals surface area contributed by atoms with Crippen LogP contribution in [0.15, 0.2) is 12.7 Å². The molecule has 1 aliphatic rings. The molecule has 2 aromatic rings. The van der Waals surface area contributed by atoms with Crippen LogP contribution in [0.2, 0.25) is 0 Å². The van der Waals surface area contributed by atoms with Gasteiger partial charge in [-0.15, -0.1) is 10.2 Å². The number of hydrogen-bond donors (Lipinski definition) is 0. The first-order valence-electron chi connectivity index (χ1n) is 8.78. The van der Waals surface area contributed by atoms with Gasteiger partial charge in [-0.2, -0.15) is 5.10 Å². The predicted octanol–water partition coefficient (Wildman–Crippen LogP) is 1.92. The molecule has 1 saturated heterocycles. The van der Waals surface area contributed by atoms with Crippen molar-refractivity contribution in [2.75, 3.05) is 19.6 Å². The highest BCUT2D eigenvalue weighted by molar-refractivity contribution is 5.04. The molecule has 7 nitrogen and oxygen atoms in total. The van der Waals surface area contributed by atoms with Gasteiger partial charge in [0, 0.05) is 12.5 Å². The Morgan fingerprint density at radius 2 is 2.00 bits per heavy atom. The average Bonchev–Trinajstić information content (AvgIpc) is 3.23. The zero-order valence-corrected chi connectivity index (χ0v) is 14.2. The van der Waals surface area contributed by atoms with Crippen LogP contribution >= 0.6 is 0 Å². The fourth-order valence-electron chi connectivity index (χ4n) is 3.37. The van der Waals surface area contributed by atoms with E-state index in [2.05, 4.69) is 43.6 Å². The molecule has 0 radical (unpaired) electrons. The summed E-state index contributed by atoms with van der Waals surface area (Å²) in [5.41, 5.74) is 0. The molecule has 0 N–H and O–H groups in total. The van der Waals surface area contributed by atoms with Gasteiger partial charge in [0.1, 0.15) is 25.0 Å². The normalized spacial score (nSPS) is 17.0. The van der Waals surface area contributed by atoms with Gasteiger partial charge in [0.05, 0.1) is 0 Å². The average molecular weight is 317 g/mol. The highest BCUT2D eigenvalue weighted by atomic mass is 15.4. The van der Waals surface area contributed by atoms with Crippen molar-refractivity contribution < 1.29 is 0 Å². The lowest BCUT2D eigenvalue weighted by Gasteiger charge is -2.31. The van der Waals surface area contributed by atoms with E-state index in [1.54, 1.807) is 17.3 Å². The van der Waals surface area contributed by atoms with Crippen LogP contribution in [-0.4, -0.2) is 54.1 Å². The van der Waals surface area contributed by atoms with Crippen LogP contribution in [-0.2, 0) is 13.1 Å². The molecule has 0 atom stereocenters. The van der Waals surface area contributed by atoms with Crippen molar-refractivity contribution >= 4 is 0 Å². The third kappa shape index (κ3) is 3.77. The van der Waals surface area contributed by atoms with E-state index in [4.69, 9.17) is 0 Å². The highest BCUT2D eigenvalue weighted by Gasteiger charge is 2.25. The predicted molar refractivity (Wildman–Crippen MR) is 88.1 cm³/mol. The Labute approximate surface area is 137 Å². The van der Waals surface area contributed by atoms with Crippen LogP contribution in [0, 0.1) is 0 Å². The molecule has 0 bridgehead atoms. The Morgan fingerprint density at radius 3 is 2.65 bits per heavy atom. The van der Waals surface area contributed by atoms with Gasteiger partial charge in [-0.1, -0.05) is 13.3 Å². The zero-order valence-electron chi connectivity index (χ0n) is 14.2. The second-order valence-electron chi connectivity index (χ2n) is 6.28. The van der Waals surface area contributed by atoms with E-state index in [1.165, 1.54) is 45.3 Å². The van der Waals surface area contributed by atoms with E-state index < -0.39 is 0 Å². The van der Waals surface area contributed by atoms with E-state index in [9.17, 15) is 0 Å². The first-order chi connectivity index (χ1) is 11.3. The molecule has 0 spiro atoms. The third-order valence-electron chi connectivity index (χ3n) is 4.72. The van der Waals surface area contributed by atoms with Gasteiger partial charge in [0.15, 0.2) is 5.82 Å². The molecule has 0 aliphatic carbocycles. The lowest BCUT2D eigenvalue weighted by molar-refractivity contribution is 0.205. The summed E-state index contributed by atoms with van der Waals surface area (Å²) < 4.78 is 4.06. The quantitative estimate of drug-likeness (QED) is 0.780. The van der Waals surface area contributed by atoms with Gasteiger partial charge in [-0.05, 0) is 45.8 Å². The molecular formula is C16H27N7. The summed E-state index contributed by atoms with van der Waals surface area (Å²) in [6.07, 6.45) is 8.23. The molecule has 3 heterocycles. The Balaban J connectivity index is 1.65. The van der Waals surface area contributed by atoms with Crippen LogP contribution in [0.25, 0.3) is 0 Å². The molecular weight excluding hydrogens is 290 g/mol. The molecule has 1 aliphatic heterocycles. The van der Waals surface area contributed by atoms with Crippen LogP contribution in [0.5, 0.6) is 0 Å². The van der Waals surface area contributed by atoms with Gasteiger partial charge in [-0.25, -0.2) is 9.67 Å². The molecule has 7 heteroatoms. The maximum absolute atomic E-state index is 4.51. The summed E-state index contributed by atoms with van der Waals surface area (Å²) in [7, 11) is 0. The number of aromatic nitrogens is 6. The summed E-state index contributed by atoms with van der Waals surface area (Å²) >= 11 is 0. The van der Waals surface area contributed by atoms with Gasteiger partial charge in [0.2, 0.25) is 0 Å². The first kappa shape index (κ1) is 16.1. The summed E-state index contributed by atoms with van der Waals surface area (Å²) in [6.45, 7) is 9.56. The number of hydrogen-bond acceptors (Lipinski definition) is 5. The molecule has 126 valence electrons. The summed E-state index contributed by atoms with van der Waals surface area (Å²) in [4.78, 5) is 6.58. The van der Waals surface area contributed by atoms with E-state index in [-0.39, 0.29) is 0 Å². The van der Waals surface area contributed by atoms with Crippen molar-refractivity contribution in [1.82, 2.24) is 34.4 Å². The van der Waals surface area contributed by atoms with Crippen LogP contribution < -0.4 is 0 Å². The maximum atomic E-state index is 4.51. The molecule has 0 amide bonds.